The number of benzene rings is 5. The van der Waals surface area contributed by atoms with E-state index in [-0.39, 0.29) is 51.2 Å². The number of nitrogen functional groups attached to an aromatic ring is 6. The first-order chi connectivity index (χ1) is 21.4. The van der Waals surface area contributed by atoms with Crippen molar-refractivity contribution in [3.8, 4) is 0 Å². The van der Waals surface area contributed by atoms with E-state index in [9.17, 15) is 25.9 Å². The van der Waals surface area contributed by atoms with Gasteiger partial charge in [0.1, 0.15) is 20.2 Å². The molecule has 0 saturated heterocycles. The average Bonchev–Trinajstić information content (AvgIpc) is 2.99. The zero-order valence-electron chi connectivity index (χ0n) is 28.1. The molecule has 0 aliphatic heterocycles. The second-order valence-electron chi connectivity index (χ2n) is 9.42. The van der Waals surface area contributed by atoms with Gasteiger partial charge < -0.3 is 65.4 Å². The van der Waals surface area contributed by atoms with Crippen LogP contribution in [0.5, 0.6) is 0 Å². The molecular formula is C32H47N6O10S2Zn+. The Morgan fingerprint density at radius 3 is 0.667 bits per heavy atom. The Hall–Kier alpha value is -4.82. The number of anilines is 6. The van der Waals surface area contributed by atoms with Crippen molar-refractivity contribution in [3.05, 3.63) is 132 Å². The molecule has 278 valence electrons. The maximum atomic E-state index is 10.4. The van der Waals surface area contributed by atoms with Gasteiger partial charge in [0.15, 0.2) is 0 Å². The van der Waals surface area contributed by atoms with Crippen LogP contribution in [0.1, 0.15) is 11.1 Å². The van der Waals surface area contributed by atoms with E-state index in [2.05, 4.69) is 0 Å². The van der Waals surface area contributed by atoms with Crippen LogP contribution < -0.4 is 34.4 Å². The maximum Gasteiger partial charge on any atom is 2.00 e. The quantitative estimate of drug-likeness (QED) is 0.0629. The van der Waals surface area contributed by atoms with Crippen LogP contribution in [0.25, 0.3) is 0 Å². The Kier molecular flexibility index (Phi) is 29.4. The molecule has 0 aliphatic carbocycles. The van der Waals surface area contributed by atoms with E-state index in [4.69, 9.17) is 34.4 Å². The van der Waals surface area contributed by atoms with Gasteiger partial charge in [0.05, 0.1) is 43.9 Å². The second-order valence-corrected chi connectivity index (χ2v) is 12.2. The van der Waals surface area contributed by atoms with Crippen LogP contribution in [0.2, 0.25) is 0 Å². The molecule has 0 spiro atoms. The number of hydrogen-bond acceptors (Lipinski definition) is 12. The van der Waals surface area contributed by atoms with Gasteiger partial charge in [0.2, 0.25) is 0 Å². The van der Waals surface area contributed by atoms with Gasteiger partial charge in [-0.3, -0.25) is 0 Å². The van der Waals surface area contributed by atoms with Crippen LogP contribution in [0.4, 0.5) is 34.1 Å². The van der Waals surface area contributed by atoms with Crippen molar-refractivity contribution in [2.45, 2.75) is 23.6 Å². The van der Waals surface area contributed by atoms with Crippen molar-refractivity contribution < 1.29 is 67.3 Å². The molecule has 0 fully saturated rings. The molecule has 5 aromatic rings. The molecular weight excluding hydrogens is 758 g/mol. The smallest absolute Gasteiger partial charge is 0.744 e. The van der Waals surface area contributed by atoms with E-state index in [1.807, 2.05) is 50.2 Å². The van der Waals surface area contributed by atoms with Crippen LogP contribution in [0.3, 0.4) is 0 Å². The Bertz CT molecular complexity index is 1650. The number of aryl methyl sites for hydroxylation is 2. The number of hydrogen-bond donors (Lipinski definition) is 6. The van der Waals surface area contributed by atoms with Crippen LogP contribution >= 0.6 is 0 Å². The Labute approximate surface area is 311 Å². The largest absolute Gasteiger partial charge is 2.00 e. The third-order valence-electron chi connectivity index (χ3n) is 5.61. The third-order valence-corrected chi connectivity index (χ3v) is 7.31. The zero-order valence-corrected chi connectivity index (χ0v) is 32.7. The summed E-state index contributed by atoms with van der Waals surface area (Å²) in [6.45, 7) is 3.64. The summed E-state index contributed by atoms with van der Waals surface area (Å²) in [5.74, 6) is 0. The van der Waals surface area contributed by atoms with Crippen molar-refractivity contribution >= 4 is 54.4 Å². The molecule has 0 aliphatic rings. The van der Waals surface area contributed by atoms with E-state index in [1.54, 1.807) is 60.7 Å². The van der Waals surface area contributed by atoms with Gasteiger partial charge in [0.25, 0.3) is 0 Å². The minimum absolute atomic E-state index is 0. The molecule has 19 heteroatoms. The van der Waals surface area contributed by atoms with E-state index in [1.165, 1.54) is 24.3 Å². The van der Waals surface area contributed by atoms with E-state index < -0.39 is 20.2 Å². The molecule has 0 radical (unpaired) electrons. The molecule has 51 heavy (non-hydrogen) atoms. The number of nitrogens with two attached hydrogens (primary N) is 6. The monoisotopic (exact) mass is 803 g/mol. The van der Waals surface area contributed by atoms with Gasteiger partial charge in [0, 0.05) is 0 Å². The standard InChI is InChI=1S/2C7H8O3S.3C6H8N2.4H2O.Zn/c2*1-6-2-4-7(5-3-6)11(8,9)10;3*7-5-3-1-2-4-6(5)8;;;;;/h2*2-5H,1H3,(H,8,9,10);3*1-4H,7-8H2;4*1H2;/q;;;;;;;;;+2/p-1. The fourth-order valence-electron chi connectivity index (χ4n) is 2.94. The van der Waals surface area contributed by atoms with Crippen molar-refractivity contribution in [2.75, 3.05) is 34.4 Å². The molecule has 21 N–H and O–H groups in total. The van der Waals surface area contributed by atoms with Gasteiger partial charge in [-0.15, -0.1) is 0 Å². The van der Waals surface area contributed by atoms with E-state index >= 15 is 0 Å². The molecule has 0 amide bonds. The number of rotatable bonds is 2. The normalized spacial score (nSPS) is 9.18. The SMILES string of the molecule is Cc1ccc(S(=O)(=O)[O-])cc1.Cc1ccc(S(=O)(=O)[O-])cc1.Nc1ccccc1N.Nc1ccccc1N.Nc1ccccc1N.O.O.O.[OH3+].[Zn+2]. The van der Waals surface area contributed by atoms with Crippen molar-refractivity contribution in [2.24, 2.45) is 0 Å². The Balaban J connectivity index is -0.000000170. The minimum Gasteiger partial charge on any atom is -0.744 e. The van der Waals surface area contributed by atoms with Crippen LogP contribution in [0, 0.1) is 13.8 Å². The summed E-state index contributed by atoms with van der Waals surface area (Å²) in [5.41, 5.74) is 38.1. The fourth-order valence-corrected chi connectivity index (χ4v) is 3.88. The fraction of sp³-hybridized carbons (Fsp3) is 0.0625. The summed E-state index contributed by atoms with van der Waals surface area (Å²) in [6, 6.07) is 33.3. The van der Waals surface area contributed by atoms with Crippen LogP contribution in [-0.2, 0) is 45.2 Å². The molecule has 16 nitrogen and oxygen atoms in total. The molecule has 5 rings (SSSR count). The van der Waals surface area contributed by atoms with Crippen molar-refractivity contribution in [1.29, 1.82) is 0 Å². The molecule has 0 aromatic heterocycles. The molecule has 0 atom stereocenters. The van der Waals surface area contributed by atoms with Crippen molar-refractivity contribution in [1.82, 2.24) is 0 Å². The molecule has 0 heterocycles. The van der Waals surface area contributed by atoms with Gasteiger partial charge >= 0.3 is 19.5 Å². The van der Waals surface area contributed by atoms with Gasteiger partial charge in [-0.05, 0) is 74.5 Å². The minimum atomic E-state index is -4.27. The molecule has 0 bridgehead atoms. The first-order valence-electron chi connectivity index (χ1n) is 13.3. The van der Waals surface area contributed by atoms with E-state index in [0.29, 0.717) is 34.1 Å². The predicted molar refractivity (Wildman–Crippen MR) is 200 cm³/mol. The van der Waals surface area contributed by atoms with Gasteiger partial charge in [-0.1, -0.05) is 71.8 Å². The van der Waals surface area contributed by atoms with Gasteiger partial charge in [-0.2, -0.15) is 0 Å². The topological polar surface area (TPSA) is 398 Å². The summed E-state index contributed by atoms with van der Waals surface area (Å²) in [7, 11) is -8.54. The zero-order chi connectivity index (χ0) is 34.9. The average molecular weight is 805 g/mol. The number of para-hydroxylation sites is 6. The Morgan fingerprint density at radius 1 is 0.392 bits per heavy atom. The summed E-state index contributed by atoms with van der Waals surface area (Å²) in [4.78, 5) is -0.355. The summed E-state index contributed by atoms with van der Waals surface area (Å²) >= 11 is 0. The van der Waals surface area contributed by atoms with Crippen LogP contribution in [0.15, 0.2) is 131 Å². The molecule has 0 saturated carbocycles. The maximum absolute atomic E-state index is 10.4. The predicted octanol–water partition coefficient (Wildman–Crippen LogP) is 0.953. The van der Waals surface area contributed by atoms with Gasteiger partial charge in [-0.25, -0.2) is 16.8 Å². The third kappa shape index (κ3) is 23.3. The summed E-state index contributed by atoms with van der Waals surface area (Å²) in [6.07, 6.45) is 0. The van der Waals surface area contributed by atoms with Crippen LogP contribution in [-0.4, -0.2) is 42.4 Å². The first-order valence-corrected chi connectivity index (χ1v) is 16.1. The Morgan fingerprint density at radius 2 is 0.549 bits per heavy atom. The van der Waals surface area contributed by atoms with Crippen molar-refractivity contribution in [3.63, 3.8) is 0 Å². The first kappa shape index (κ1) is 55.6. The molecule has 5 aromatic carbocycles. The second kappa shape index (κ2) is 27.0. The summed E-state index contributed by atoms with van der Waals surface area (Å²) in [5, 5.41) is 0. The van der Waals surface area contributed by atoms with E-state index in [0.717, 1.165) is 11.1 Å². The molecule has 0 unspecified atom stereocenters. The summed E-state index contributed by atoms with van der Waals surface area (Å²) < 4.78 is 62.3.